The third-order valence-electron chi connectivity index (χ3n) is 2.46. The van der Waals surface area contributed by atoms with Crippen LogP contribution in [-0.2, 0) is 14.3 Å². The summed E-state index contributed by atoms with van der Waals surface area (Å²) in [7, 11) is 0. The summed E-state index contributed by atoms with van der Waals surface area (Å²) in [5.41, 5.74) is 1.02. The molecule has 0 amide bonds. The first-order valence-electron chi connectivity index (χ1n) is 5.40. The van der Waals surface area contributed by atoms with E-state index in [1.807, 2.05) is 30.3 Å². The van der Waals surface area contributed by atoms with Crippen molar-refractivity contribution in [2.45, 2.75) is 19.2 Å². The molecule has 86 valence electrons. The van der Waals surface area contributed by atoms with Gasteiger partial charge in [0.2, 0.25) is 0 Å². The van der Waals surface area contributed by atoms with E-state index >= 15 is 0 Å². The van der Waals surface area contributed by atoms with Crippen LogP contribution in [0.25, 0.3) is 0 Å². The second kappa shape index (κ2) is 5.09. The number of carbonyl (C=O) groups is 1. The van der Waals surface area contributed by atoms with E-state index in [2.05, 4.69) is 5.32 Å². The average molecular weight is 221 g/mol. The molecule has 0 saturated carbocycles. The molecule has 2 rings (SSSR count). The molecule has 0 bridgehead atoms. The summed E-state index contributed by atoms with van der Waals surface area (Å²) in [5, 5.41) is 3.10. The van der Waals surface area contributed by atoms with Gasteiger partial charge in [-0.15, -0.1) is 0 Å². The fourth-order valence-electron chi connectivity index (χ4n) is 1.67. The summed E-state index contributed by atoms with van der Waals surface area (Å²) >= 11 is 0. The zero-order chi connectivity index (χ0) is 11.4. The lowest BCUT2D eigenvalue weighted by Crippen LogP contribution is -2.35. The van der Waals surface area contributed by atoms with E-state index in [-0.39, 0.29) is 18.2 Å². The second-order valence-electron chi connectivity index (χ2n) is 3.60. The molecule has 0 radical (unpaired) electrons. The first kappa shape index (κ1) is 11.1. The number of hydrogen-bond donors (Lipinski definition) is 1. The van der Waals surface area contributed by atoms with E-state index in [9.17, 15) is 4.79 Å². The summed E-state index contributed by atoms with van der Waals surface area (Å²) in [6.45, 7) is 2.55. The van der Waals surface area contributed by atoms with Crippen molar-refractivity contribution in [2.24, 2.45) is 0 Å². The van der Waals surface area contributed by atoms with Crippen molar-refractivity contribution in [3.63, 3.8) is 0 Å². The highest BCUT2D eigenvalue weighted by Gasteiger charge is 2.31. The lowest BCUT2D eigenvalue weighted by atomic mass is 10.2. The smallest absolute Gasteiger partial charge is 0.325 e. The molecule has 1 aliphatic heterocycles. The van der Waals surface area contributed by atoms with Gasteiger partial charge in [0.25, 0.3) is 0 Å². The SMILES string of the molecule is CCOC(=O)C1COC(c2ccccc2)N1. The highest BCUT2D eigenvalue weighted by atomic mass is 16.5. The maximum atomic E-state index is 11.5. The van der Waals surface area contributed by atoms with Gasteiger partial charge in [-0.1, -0.05) is 30.3 Å². The molecule has 1 aromatic rings. The lowest BCUT2D eigenvalue weighted by Gasteiger charge is -2.11. The van der Waals surface area contributed by atoms with Gasteiger partial charge in [0.1, 0.15) is 12.3 Å². The minimum Gasteiger partial charge on any atom is -0.465 e. The molecule has 1 aromatic carbocycles. The van der Waals surface area contributed by atoms with Gasteiger partial charge in [-0.25, -0.2) is 0 Å². The topological polar surface area (TPSA) is 47.6 Å². The van der Waals surface area contributed by atoms with Crippen LogP contribution in [0.4, 0.5) is 0 Å². The molecule has 2 unspecified atom stereocenters. The molecule has 4 heteroatoms. The maximum Gasteiger partial charge on any atom is 0.325 e. The molecular formula is C12H15NO3. The fourth-order valence-corrected chi connectivity index (χ4v) is 1.67. The van der Waals surface area contributed by atoms with Crippen LogP contribution in [0, 0.1) is 0 Å². The van der Waals surface area contributed by atoms with Crippen LogP contribution in [0.2, 0.25) is 0 Å². The van der Waals surface area contributed by atoms with Gasteiger partial charge in [0.15, 0.2) is 0 Å². The normalized spacial score (nSPS) is 24.3. The van der Waals surface area contributed by atoms with Crippen molar-refractivity contribution in [2.75, 3.05) is 13.2 Å². The predicted molar refractivity (Wildman–Crippen MR) is 58.7 cm³/mol. The van der Waals surface area contributed by atoms with Gasteiger partial charge < -0.3 is 9.47 Å². The summed E-state index contributed by atoms with van der Waals surface area (Å²) in [5.74, 6) is -0.249. The number of ether oxygens (including phenoxy) is 2. The van der Waals surface area contributed by atoms with Gasteiger partial charge in [-0.2, -0.15) is 0 Å². The fraction of sp³-hybridized carbons (Fsp3) is 0.417. The Bertz CT molecular complexity index is 353. The standard InChI is InChI=1S/C12H15NO3/c1-2-15-12(14)10-8-16-11(13-10)9-6-4-3-5-7-9/h3-7,10-11,13H,2,8H2,1H3. The Morgan fingerprint density at radius 3 is 2.94 bits per heavy atom. The number of carbonyl (C=O) groups excluding carboxylic acids is 1. The highest BCUT2D eigenvalue weighted by molar-refractivity contribution is 5.76. The summed E-state index contributed by atoms with van der Waals surface area (Å²) in [4.78, 5) is 11.5. The van der Waals surface area contributed by atoms with Crippen LogP contribution in [0.1, 0.15) is 18.7 Å². The zero-order valence-electron chi connectivity index (χ0n) is 9.18. The van der Waals surface area contributed by atoms with Crippen molar-refractivity contribution in [1.82, 2.24) is 5.32 Å². The quantitative estimate of drug-likeness (QED) is 0.780. The predicted octanol–water partition coefficient (Wildman–Crippen LogP) is 1.24. The van der Waals surface area contributed by atoms with Gasteiger partial charge in [-0.05, 0) is 12.5 Å². The Balaban J connectivity index is 1.96. The Hall–Kier alpha value is -1.39. The summed E-state index contributed by atoms with van der Waals surface area (Å²) in [6.07, 6.45) is -0.212. The van der Waals surface area contributed by atoms with Crippen LogP contribution >= 0.6 is 0 Å². The van der Waals surface area contributed by atoms with E-state index in [0.29, 0.717) is 13.2 Å². The number of hydrogen-bond acceptors (Lipinski definition) is 4. The monoisotopic (exact) mass is 221 g/mol. The number of nitrogens with one attached hydrogen (secondary N) is 1. The van der Waals surface area contributed by atoms with Gasteiger partial charge in [0, 0.05) is 0 Å². The number of benzene rings is 1. The lowest BCUT2D eigenvalue weighted by molar-refractivity contribution is -0.145. The van der Waals surface area contributed by atoms with Crippen molar-refractivity contribution >= 4 is 5.97 Å². The first-order valence-corrected chi connectivity index (χ1v) is 5.40. The van der Waals surface area contributed by atoms with Crippen LogP contribution in [-0.4, -0.2) is 25.2 Å². The van der Waals surface area contributed by atoms with Gasteiger partial charge in [0.05, 0.1) is 13.2 Å². The van der Waals surface area contributed by atoms with Crippen molar-refractivity contribution in [3.8, 4) is 0 Å². The van der Waals surface area contributed by atoms with Crippen molar-refractivity contribution < 1.29 is 14.3 Å². The van der Waals surface area contributed by atoms with Crippen LogP contribution in [0.5, 0.6) is 0 Å². The number of esters is 1. The minimum absolute atomic E-state index is 0.212. The molecule has 2 atom stereocenters. The molecule has 16 heavy (non-hydrogen) atoms. The third-order valence-corrected chi connectivity index (χ3v) is 2.46. The summed E-state index contributed by atoms with van der Waals surface area (Å²) < 4.78 is 10.4. The zero-order valence-corrected chi connectivity index (χ0v) is 9.18. The van der Waals surface area contributed by atoms with E-state index in [1.54, 1.807) is 6.92 Å². The molecule has 0 aromatic heterocycles. The third kappa shape index (κ3) is 2.40. The molecule has 1 saturated heterocycles. The van der Waals surface area contributed by atoms with Crippen LogP contribution in [0.3, 0.4) is 0 Å². The Morgan fingerprint density at radius 1 is 1.50 bits per heavy atom. The van der Waals surface area contributed by atoms with Crippen LogP contribution < -0.4 is 5.32 Å². The Morgan fingerprint density at radius 2 is 2.25 bits per heavy atom. The Labute approximate surface area is 94.6 Å². The van der Waals surface area contributed by atoms with E-state index < -0.39 is 0 Å². The molecule has 1 N–H and O–H groups in total. The molecule has 1 fully saturated rings. The molecule has 4 nitrogen and oxygen atoms in total. The van der Waals surface area contributed by atoms with Crippen molar-refractivity contribution in [3.05, 3.63) is 35.9 Å². The molecular weight excluding hydrogens is 206 g/mol. The maximum absolute atomic E-state index is 11.5. The minimum atomic E-state index is -0.356. The first-order chi connectivity index (χ1) is 7.81. The Kier molecular flexibility index (Phi) is 3.54. The van der Waals surface area contributed by atoms with E-state index in [0.717, 1.165) is 5.56 Å². The largest absolute Gasteiger partial charge is 0.465 e. The molecule has 0 aliphatic carbocycles. The molecule has 0 spiro atoms. The average Bonchev–Trinajstić information content (AvgIpc) is 2.80. The number of rotatable bonds is 3. The van der Waals surface area contributed by atoms with Crippen LogP contribution in [0.15, 0.2) is 30.3 Å². The molecule has 1 heterocycles. The summed E-state index contributed by atoms with van der Waals surface area (Å²) in [6, 6.07) is 9.40. The van der Waals surface area contributed by atoms with Gasteiger partial charge >= 0.3 is 5.97 Å². The highest BCUT2D eigenvalue weighted by Crippen LogP contribution is 2.20. The van der Waals surface area contributed by atoms with Gasteiger partial charge in [-0.3, -0.25) is 10.1 Å². The second-order valence-corrected chi connectivity index (χ2v) is 3.60. The van der Waals surface area contributed by atoms with Crippen molar-refractivity contribution in [1.29, 1.82) is 0 Å². The van der Waals surface area contributed by atoms with E-state index in [4.69, 9.17) is 9.47 Å². The molecule has 1 aliphatic rings. The van der Waals surface area contributed by atoms with E-state index in [1.165, 1.54) is 0 Å².